The van der Waals surface area contributed by atoms with Crippen molar-refractivity contribution >= 4 is 40.0 Å². The largest absolute Gasteiger partial charge is 0.379 e. The van der Waals surface area contributed by atoms with Crippen LogP contribution < -0.4 is 11.1 Å². The first kappa shape index (κ1) is 18.3. The highest BCUT2D eigenvalue weighted by molar-refractivity contribution is 8.13. The predicted molar refractivity (Wildman–Crippen MR) is 106 cm³/mol. The second-order valence-corrected chi connectivity index (χ2v) is 8.67. The van der Waals surface area contributed by atoms with E-state index in [0.717, 1.165) is 22.9 Å². The summed E-state index contributed by atoms with van der Waals surface area (Å²) in [7, 11) is 0. The smallest absolute Gasteiger partial charge is 0.277 e. The van der Waals surface area contributed by atoms with Gasteiger partial charge in [0.1, 0.15) is 22.1 Å². The second kappa shape index (κ2) is 7.17. The van der Waals surface area contributed by atoms with Gasteiger partial charge in [0.15, 0.2) is 5.17 Å². The summed E-state index contributed by atoms with van der Waals surface area (Å²) >= 11 is 3.04. The van der Waals surface area contributed by atoms with E-state index in [9.17, 15) is 4.79 Å². The number of fused-ring (bicyclic) bond motifs is 1. The number of thioether (sulfide) groups is 1. The van der Waals surface area contributed by atoms with Crippen LogP contribution in [0.15, 0.2) is 22.8 Å². The molecule has 0 aliphatic carbocycles. The van der Waals surface area contributed by atoms with Crippen molar-refractivity contribution < 1.29 is 9.53 Å². The molecule has 1 amide bonds. The molecular formula is C17H20N6O2S2. The molecule has 0 radical (unpaired) electrons. The van der Waals surface area contributed by atoms with Crippen molar-refractivity contribution in [1.82, 2.24) is 15.0 Å². The molecule has 3 atom stereocenters. The third kappa shape index (κ3) is 3.56. The summed E-state index contributed by atoms with van der Waals surface area (Å²) in [5.41, 5.74) is 6.46. The average molecular weight is 405 g/mol. The van der Waals surface area contributed by atoms with Crippen molar-refractivity contribution in [2.45, 2.75) is 31.9 Å². The molecule has 0 spiro atoms. The van der Waals surface area contributed by atoms with E-state index in [2.05, 4.69) is 27.2 Å². The first-order chi connectivity index (χ1) is 13.0. The first-order valence-electron chi connectivity index (χ1n) is 8.62. The van der Waals surface area contributed by atoms with Crippen LogP contribution >= 0.6 is 23.1 Å². The molecule has 8 nitrogen and oxygen atoms in total. The Bertz CT molecular complexity index is 884. The Morgan fingerprint density at radius 3 is 3.04 bits per heavy atom. The lowest BCUT2D eigenvalue weighted by Gasteiger charge is -2.44. The summed E-state index contributed by atoms with van der Waals surface area (Å²) in [6.07, 6.45) is 4.11. The number of aromatic nitrogens is 3. The number of aryl methyl sites for hydroxylation is 1. The topological polar surface area (TPSA) is 115 Å². The van der Waals surface area contributed by atoms with Gasteiger partial charge in [-0.15, -0.1) is 11.3 Å². The zero-order chi connectivity index (χ0) is 19.0. The zero-order valence-electron chi connectivity index (χ0n) is 15.0. The maximum atomic E-state index is 12.4. The standard InChI is InChI=1S/C17H20N6O2S2/c1-9-4-20-12(5-19-9)14(24)21-13-7-26-15(22-13)17-8-25-10(2)3-11(17)6-27-16(18)23-17/h4-5,7,10-11H,3,6,8H2,1-2H3,(H2,18,23)(H,21,24). The lowest BCUT2D eigenvalue weighted by atomic mass is 9.80. The van der Waals surface area contributed by atoms with Gasteiger partial charge in [-0.1, -0.05) is 11.8 Å². The molecule has 2 aliphatic heterocycles. The maximum absolute atomic E-state index is 12.4. The van der Waals surface area contributed by atoms with Crippen LogP contribution in [0, 0.1) is 12.8 Å². The predicted octanol–water partition coefficient (Wildman–Crippen LogP) is 2.18. The number of rotatable bonds is 3. The van der Waals surface area contributed by atoms with E-state index >= 15 is 0 Å². The fourth-order valence-electron chi connectivity index (χ4n) is 3.30. The molecule has 4 heterocycles. The molecule has 0 saturated carbocycles. The van der Waals surface area contributed by atoms with E-state index in [0.29, 0.717) is 23.5 Å². The van der Waals surface area contributed by atoms with Crippen LogP contribution in [-0.4, -0.2) is 44.5 Å². The van der Waals surface area contributed by atoms with Gasteiger partial charge < -0.3 is 15.8 Å². The lowest BCUT2D eigenvalue weighted by Crippen LogP contribution is -2.49. The van der Waals surface area contributed by atoms with E-state index in [4.69, 9.17) is 15.5 Å². The van der Waals surface area contributed by atoms with Crippen molar-refractivity contribution in [2.24, 2.45) is 16.6 Å². The minimum absolute atomic E-state index is 0.192. The summed E-state index contributed by atoms with van der Waals surface area (Å²) < 4.78 is 5.91. The Morgan fingerprint density at radius 1 is 1.41 bits per heavy atom. The second-order valence-electron chi connectivity index (χ2n) is 6.77. The Morgan fingerprint density at radius 2 is 2.26 bits per heavy atom. The van der Waals surface area contributed by atoms with Gasteiger partial charge in [0.2, 0.25) is 0 Å². The van der Waals surface area contributed by atoms with Crippen molar-refractivity contribution in [1.29, 1.82) is 0 Å². The fraction of sp³-hybridized carbons (Fsp3) is 0.471. The highest BCUT2D eigenvalue weighted by Gasteiger charge is 2.49. The molecule has 0 bridgehead atoms. The van der Waals surface area contributed by atoms with Gasteiger partial charge in [-0.2, -0.15) is 0 Å². The molecule has 2 aromatic heterocycles. The lowest BCUT2D eigenvalue weighted by molar-refractivity contribution is -0.0466. The van der Waals surface area contributed by atoms with Crippen molar-refractivity contribution in [3.8, 4) is 0 Å². The number of hydrogen-bond donors (Lipinski definition) is 2. The third-order valence-corrected chi connectivity index (χ3v) is 6.72. The van der Waals surface area contributed by atoms with Gasteiger partial charge in [-0.25, -0.2) is 15.0 Å². The molecule has 1 saturated heterocycles. The molecule has 10 heteroatoms. The zero-order valence-corrected chi connectivity index (χ0v) is 16.6. The van der Waals surface area contributed by atoms with Crippen LogP contribution in [0.25, 0.3) is 0 Å². The Hall–Kier alpha value is -2.04. The van der Waals surface area contributed by atoms with E-state index in [1.54, 1.807) is 18.0 Å². The SMILES string of the molecule is Cc1cnc(C(=O)Nc2csc(C34COC(C)CC3CSC(N)=N4)n2)cn1. The number of amidine groups is 1. The normalized spacial score (nSPS) is 27.6. The number of carbonyl (C=O) groups is 1. The van der Waals surface area contributed by atoms with E-state index in [1.165, 1.54) is 17.5 Å². The van der Waals surface area contributed by atoms with Gasteiger partial charge >= 0.3 is 0 Å². The van der Waals surface area contributed by atoms with Gasteiger partial charge in [0.25, 0.3) is 5.91 Å². The number of thiazole rings is 1. The number of hydrogen-bond acceptors (Lipinski definition) is 9. The van der Waals surface area contributed by atoms with Gasteiger partial charge in [-0.3, -0.25) is 9.78 Å². The van der Waals surface area contributed by atoms with Crippen molar-refractivity contribution in [3.05, 3.63) is 34.2 Å². The summed E-state index contributed by atoms with van der Waals surface area (Å²) in [6.45, 7) is 4.34. The Kier molecular flexibility index (Phi) is 4.87. The van der Waals surface area contributed by atoms with Crippen LogP contribution in [0.5, 0.6) is 0 Å². The van der Waals surface area contributed by atoms with Crippen molar-refractivity contribution in [2.75, 3.05) is 17.7 Å². The molecular weight excluding hydrogens is 384 g/mol. The number of nitrogens with zero attached hydrogens (tertiary/aromatic N) is 4. The quantitative estimate of drug-likeness (QED) is 0.805. The van der Waals surface area contributed by atoms with Gasteiger partial charge in [0, 0.05) is 23.2 Å². The highest BCUT2D eigenvalue weighted by atomic mass is 32.2. The molecule has 4 rings (SSSR count). The number of anilines is 1. The number of amides is 1. The van der Waals surface area contributed by atoms with Crippen LogP contribution in [0.2, 0.25) is 0 Å². The summed E-state index contributed by atoms with van der Waals surface area (Å²) in [4.78, 5) is 29.9. The van der Waals surface area contributed by atoms with Crippen LogP contribution in [-0.2, 0) is 10.3 Å². The molecule has 2 aliphatic rings. The molecule has 2 aromatic rings. The number of nitrogens with one attached hydrogen (secondary N) is 1. The van der Waals surface area contributed by atoms with Crippen LogP contribution in [0.3, 0.4) is 0 Å². The summed E-state index contributed by atoms with van der Waals surface area (Å²) in [5.74, 6) is 1.32. The minimum atomic E-state index is -0.570. The third-order valence-electron chi connectivity index (χ3n) is 4.75. The van der Waals surface area contributed by atoms with Crippen LogP contribution in [0.4, 0.5) is 5.82 Å². The van der Waals surface area contributed by atoms with Gasteiger partial charge in [-0.05, 0) is 20.3 Å². The minimum Gasteiger partial charge on any atom is -0.379 e. The molecule has 0 aromatic carbocycles. The monoisotopic (exact) mass is 404 g/mol. The molecule has 1 fully saturated rings. The number of aliphatic imine (C=N–C) groups is 1. The summed E-state index contributed by atoms with van der Waals surface area (Å²) in [6, 6.07) is 0. The van der Waals surface area contributed by atoms with E-state index in [1.807, 2.05) is 12.3 Å². The maximum Gasteiger partial charge on any atom is 0.277 e. The Balaban J connectivity index is 1.58. The molecule has 3 N–H and O–H groups in total. The van der Waals surface area contributed by atoms with Crippen molar-refractivity contribution in [3.63, 3.8) is 0 Å². The summed E-state index contributed by atoms with van der Waals surface area (Å²) in [5, 5.41) is 5.96. The number of nitrogens with two attached hydrogens (primary N) is 1. The number of ether oxygens (including phenoxy) is 1. The van der Waals surface area contributed by atoms with E-state index in [-0.39, 0.29) is 17.7 Å². The van der Waals surface area contributed by atoms with E-state index < -0.39 is 5.54 Å². The average Bonchev–Trinajstić information content (AvgIpc) is 3.11. The van der Waals surface area contributed by atoms with Gasteiger partial charge in [0.05, 0.1) is 24.6 Å². The highest BCUT2D eigenvalue weighted by Crippen LogP contribution is 2.46. The molecule has 3 unspecified atom stereocenters. The molecule has 27 heavy (non-hydrogen) atoms. The molecule has 142 valence electrons. The first-order valence-corrected chi connectivity index (χ1v) is 10.5. The fourth-order valence-corrected chi connectivity index (χ4v) is 5.27. The van der Waals surface area contributed by atoms with Crippen LogP contribution in [0.1, 0.15) is 34.5 Å². The number of carbonyl (C=O) groups excluding carboxylic acids is 1. The Labute approximate surface area is 165 Å².